The Kier molecular flexibility index (Phi) is 41.2. The van der Waals surface area contributed by atoms with E-state index in [2.05, 4.69) is 106 Å². The zero-order valence-electron chi connectivity index (χ0n) is 35.9. The Morgan fingerprint density at radius 1 is 0.393 bits per heavy atom. The van der Waals surface area contributed by atoms with Crippen molar-refractivity contribution in [3.05, 3.63) is 97.2 Å². The molecule has 0 aromatic heterocycles. The van der Waals surface area contributed by atoms with Crippen molar-refractivity contribution < 1.29 is 28.6 Å². The topological polar surface area (TPSA) is 78.9 Å². The van der Waals surface area contributed by atoms with Gasteiger partial charge in [0.15, 0.2) is 6.10 Å². The first-order valence-electron chi connectivity index (χ1n) is 22.3. The third-order valence-electron chi connectivity index (χ3n) is 8.88. The molecule has 316 valence electrons. The Morgan fingerprint density at radius 3 is 1.39 bits per heavy atom. The van der Waals surface area contributed by atoms with Crippen LogP contribution in [0.4, 0.5) is 0 Å². The number of hydrogen-bond acceptors (Lipinski definition) is 6. The van der Waals surface area contributed by atoms with Gasteiger partial charge in [-0.2, -0.15) is 0 Å². The third-order valence-corrected chi connectivity index (χ3v) is 8.88. The van der Waals surface area contributed by atoms with Crippen LogP contribution in [-0.2, 0) is 28.6 Å². The quantitative estimate of drug-likeness (QED) is 0.0204. The summed E-state index contributed by atoms with van der Waals surface area (Å²) < 4.78 is 16.6. The molecule has 0 heterocycles. The lowest BCUT2D eigenvalue weighted by Gasteiger charge is -2.18. The average molecular weight is 777 g/mol. The molecule has 0 saturated carbocycles. The minimum atomic E-state index is -0.830. The normalized spacial score (nSPS) is 13.0. The fourth-order valence-electron chi connectivity index (χ4n) is 5.57. The summed E-state index contributed by atoms with van der Waals surface area (Å²) in [5.41, 5.74) is 0. The molecule has 1 unspecified atom stereocenters. The fourth-order valence-corrected chi connectivity index (χ4v) is 5.57. The number of rotatable bonds is 38. The van der Waals surface area contributed by atoms with E-state index in [0.717, 1.165) is 89.9 Å². The highest BCUT2D eigenvalue weighted by molar-refractivity contribution is 5.71. The monoisotopic (exact) mass is 777 g/mol. The Bertz CT molecular complexity index is 1170. The van der Waals surface area contributed by atoms with Gasteiger partial charge in [0.2, 0.25) is 0 Å². The van der Waals surface area contributed by atoms with Gasteiger partial charge in [-0.1, -0.05) is 169 Å². The average Bonchev–Trinajstić information content (AvgIpc) is 3.19. The number of unbranched alkanes of at least 4 members (excludes halogenated alkanes) is 13. The molecule has 0 aromatic carbocycles. The molecule has 6 heteroatoms. The molecule has 0 radical (unpaired) electrons. The summed E-state index contributed by atoms with van der Waals surface area (Å²) in [7, 11) is 0. The molecule has 0 N–H and O–H groups in total. The van der Waals surface area contributed by atoms with E-state index in [1.165, 1.54) is 38.5 Å². The van der Waals surface area contributed by atoms with Gasteiger partial charge in [0.05, 0.1) is 0 Å². The summed E-state index contributed by atoms with van der Waals surface area (Å²) in [5.74, 6) is -1.06. The number of carbonyl (C=O) groups excluding carboxylic acids is 3. The van der Waals surface area contributed by atoms with E-state index in [1.54, 1.807) is 0 Å². The molecule has 0 saturated heterocycles. The highest BCUT2D eigenvalue weighted by Gasteiger charge is 2.19. The maximum atomic E-state index is 12.7. The summed E-state index contributed by atoms with van der Waals surface area (Å²) >= 11 is 0. The van der Waals surface area contributed by atoms with E-state index < -0.39 is 12.1 Å². The van der Waals surface area contributed by atoms with Gasteiger partial charge in [-0.25, -0.2) is 0 Å². The standard InChI is InChI=1S/C50H80O6/c1-4-7-10-13-16-19-22-25-28-31-34-37-40-43-49(52)55-46-47(45-54-48(51)42-39-36-33-30-27-24-21-18-15-12-9-6-3)56-50(53)44-41-38-35-32-29-26-23-20-17-14-11-8-5-2/h7,9-10,12-13,16,18-19,21-22,26-27,29-30,35,38,47H,4-6,8,11,14-15,17,20,23-25,28,31-34,36-37,39-46H2,1-3H3/b10-7-,12-9-,16-13-,21-18-,22-19-,29-26-,30-27-,38-35-. The first kappa shape index (κ1) is 52.3. The Hall–Kier alpha value is -3.67. The zero-order chi connectivity index (χ0) is 40.8. The summed E-state index contributed by atoms with van der Waals surface area (Å²) in [5, 5.41) is 0. The van der Waals surface area contributed by atoms with Crippen molar-refractivity contribution in [2.75, 3.05) is 13.2 Å². The number of esters is 3. The number of hydrogen-bond donors (Lipinski definition) is 0. The van der Waals surface area contributed by atoms with Crippen LogP contribution in [-0.4, -0.2) is 37.2 Å². The molecule has 0 fully saturated rings. The second kappa shape index (κ2) is 44.0. The van der Waals surface area contributed by atoms with Gasteiger partial charge in [-0.3, -0.25) is 14.4 Å². The number of ether oxygens (including phenoxy) is 3. The first-order valence-corrected chi connectivity index (χ1v) is 22.3. The highest BCUT2D eigenvalue weighted by Crippen LogP contribution is 2.11. The molecule has 0 amide bonds. The smallest absolute Gasteiger partial charge is 0.306 e. The van der Waals surface area contributed by atoms with E-state index in [0.29, 0.717) is 25.7 Å². The van der Waals surface area contributed by atoms with Crippen molar-refractivity contribution in [2.45, 2.75) is 187 Å². The summed E-state index contributed by atoms with van der Waals surface area (Å²) in [4.78, 5) is 37.7. The second-order valence-electron chi connectivity index (χ2n) is 14.2. The third kappa shape index (κ3) is 41.5. The van der Waals surface area contributed by atoms with Crippen molar-refractivity contribution >= 4 is 17.9 Å². The van der Waals surface area contributed by atoms with E-state index in [-0.39, 0.29) is 31.6 Å². The van der Waals surface area contributed by atoms with Crippen LogP contribution in [0.25, 0.3) is 0 Å². The largest absolute Gasteiger partial charge is 0.462 e. The predicted molar refractivity (Wildman–Crippen MR) is 237 cm³/mol. The number of allylic oxidation sites excluding steroid dienone is 16. The van der Waals surface area contributed by atoms with Crippen LogP contribution in [0, 0.1) is 0 Å². The molecule has 0 spiro atoms. The number of carbonyl (C=O) groups is 3. The molecule has 0 rings (SSSR count). The molecule has 6 nitrogen and oxygen atoms in total. The lowest BCUT2D eigenvalue weighted by atomic mass is 10.1. The van der Waals surface area contributed by atoms with Crippen LogP contribution in [0.5, 0.6) is 0 Å². The molecule has 0 aliphatic rings. The van der Waals surface area contributed by atoms with Crippen LogP contribution in [0.1, 0.15) is 181 Å². The van der Waals surface area contributed by atoms with E-state index in [4.69, 9.17) is 14.2 Å². The first-order chi connectivity index (χ1) is 27.5. The lowest BCUT2D eigenvalue weighted by molar-refractivity contribution is -0.166. The Labute approximate surface area is 343 Å². The van der Waals surface area contributed by atoms with Crippen molar-refractivity contribution in [3.63, 3.8) is 0 Å². The Morgan fingerprint density at radius 2 is 0.821 bits per heavy atom. The molecular formula is C50H80O6. The summed E-state index contributed by atoms with van der Waals surface area (Å²) in [6, 6.07) is 0. The maximum absolute atomic E-state index is 12.7. The van der Waals surface area contributed by atoms with Gasteiger partial charge in [0.25, 0.3) is 0 Å². The minimum absolute atomic E-state index is 0.125. The lowest BCUT2D eigenvalue weighted by Crippen LogP contribution is -2.30. The van der Waals surface area contributed by atoms with Crippen molar-refractivity contribution in [1.29, 1.82) is 0 Å². The van der Waals surface area contributed by atoms with Crippen LogP contribution in [0.15, 0.2) is 97.2 Å². The second-order valence-corrected chi connectivity index (χ2v) is 14.2. The fraction of sp³-hybridized carbons (Fsp3) is 0.620. The SMILES string of the molecule is CC\C=C/C=C\C=C/CCCCCCCC(=O)OCC(COC(=O)CCCC/C=C\C/C=C\C/C=C\CC)OC(=O)CC/C=C\C/C=C\CCCCCCCC. The van der Waals surface area contributed by atoms with Gasteiger partial charge >= 0.3 is 17.9 Å². The molecule has 0 aliphatic heterocycles. The van der Waals surface area contributed by atoms with Crippen molar-refractivity contribution in [2.24, 2.45) is 0 Å². The van der Waals surface area contributed by atoms with E-state index >= 15 is 0 Å². The van der Waals surface area contributed by atoms with Crippen LogP contribution in [0.3, 0.4) is 0 Å². The minimum Gasteiger partial charge on any atom is -0.462 e. The molecule has 0 aromatic rings. The molecular weight excluding hydrogens is 697 g/mol. The van der Waals surface area contributed by atoms with E-state index in [9.17, 15) is 14.4 Å². The van der Waals surface area contributed by atoms with Crippen LogP contribution in [0.2, 0.25) is 0 Å². The van der Waals surface area contributed by atoms with Gasteiger partial charge in [-0.15, -0.1) is 0 Å². The zero-order valence-corrected chi connectivity index (χ0v) is 35.9. The summed E-state index contributed by atoms with van der Waals surface area (Å²) in [6.45, 7) is 6.24. The van der Waals surface area contributed by atoms with E-state index in [1.807, 2.05) is 12.2 Å². The van der Waals surface area contributed by atoms with Gasteiger partial charge in [-0.05, 0) is 89.9 Å². The highest BCUT2D eigenvalue weighted by atomic mass is 16.6. The summed E-state index contributed by atoms with van der Waals surface area (Å²) in [6.07, 6.45) is 56.9. The molecule has 56 heavy (non-hydrogen) atoms. The van der Waals surface area contributed by atoms with Crippen molar-refractivity contribution in [1.82, 2.24) is 0 Å². The molecule has 1 atom stereocenters. The van der Waals surface area contributed by atoms with Gasteiger partial charge < -0.3 is 14.2 Å². The molecule has 0 bridgehead atoms. The maximum Gasteiger partial charge on any atom is 0.306 e. The Balaban J connectivity index is 4.57. The van der Waals surface area contributed by atoms with Gasteiger partial charge in [0.1, 0.15) is 13.2 Å². The van der Waals surface area contributed by atoms with Crippen LogP contribution < -0.4 is 0 Å². The molecule has 0 aliphatic carbocycles. The van der Waals surface area contributed by atoms with Crippen LogP contribution >= 0.6 is 0 Å². The van der Waals surface area contributed by atoms with Crippen molar-refractivity contribution in [3.8, 4) is 0 Å². The van der Waals surface area contributed by atoms with Gasteiger partial charge in [0, 0.05) is 19.3 Å². The predicted octanol–water partition coefficient (Wildman–Crippen LogP) is 14.2.